The molecule has 2 amide bonds. The van der Waals surface area contributed by atoms with Crippen LogP contribution >= 0.6 is 23.2 Å². The first kappa shape index (κ1) is 19.8. The van der Waals surface area contributed by atoms with Crippen molar-refractivity contribution in [3.63, 3.8) is 0 Å². The highest BCUT2D eigenvalue weighted by Gasteiger charge is 2.19. The Labute approximate surface area is 171 Å². The number of amides is 2. The van der Waals surface area contributed by atoms with Crippen LogP contribution in [0.3, 0.4) is 0 Å². The zero-order valence-electron chi connectivity index (χ0n) is 14.8. The molecule has 0 spiro atoms. The van der Waals surface area contributed by atoms with Gasteiger partial charge < -0.3 is 10.2 Å². The van der Waals surface area contributed by atoms with E-state index in [9.17, 15) is 9.59 Å². The summed E-state index contributed by atoms with van der Waals surface area (Å²) in [5.41, 5.74) is 0.674. The number of benzene rings is 1. The molecule has 144 valence electrons. The maximum Gasteiger partial charge on any atom is 0.255 e. The Morgan fingerprint density at radius 2 is 1.93 bits per heavy atom. The van der Waals surface area contributed by atoms with E-state index in [1.54, 1.807) is 37.3 Å². The molecule has 1 aromatic carbocycles. The Balaban J connectivity index is 1.68. The summed E-state index contributed by atoms with van der Waals surface area (Å²) in [6, 6.07) is 8.19. The lowest BCUT2D eigenvalue weighted by molar-refractivity contribution is -0.116. The van der Waals surface area contributed by atoms with Gasteiger partial charge in [-0.15, -0.1) is 0 Å². The van der Waals surface area contributed by atoms with E-state index in [-0.39, 0.29) is 12.5 Å². The Kier molecular flexibility index (Phi) is 6.23. The summed E-state index contributed by atoms with van der Waals surface area (Å²) in [5.74, 6) is -0.193. The molecule has 0 saturated heterocycles. The Morgan fingerprint density at radius 3 is 2.50 bits per heavy atom. The van der Waals surface area contributed by atoms with E-state index in [4.69, 9.17) is 23.2 Å². The summed E-state index contributed by atoms with van der Waals surface area (Å²) >= 11 is 12.1. The van der Waals surface area contributed by atoms with Gasteiger partial charge in [-0.2, -0.15) is 5.10 Å². The fourth-order valence-corrected chi connectivity index (χ4v) is 2.95. The Bertz CT molecular complexity index is 956. The first-order valence-corrected chi connectivity index (χ1v) is 9.09. The Morgan fingerprint density at radius 1 is 1.18 bits per heavy atom. The minimum atomic E-state index is -0.405. The van der Waals surface area contributed by atoms with Gasteiger partial charge >= 0.3 is 0 Å². The highest BCUT2D eigenvalue weighted by molar-refractivity contribution is 6.39. The third-order valence-corrected chi connectivity index (χ3v) is 4.51. The molecular weight excluding hydrogens is 403 g/mol. The first-order valence-electron chi connectivity index (χ1n) is 8.33. The molecule has 1 N–H and O–H groups in total. The third-order valence-electron chi connectivity index (χ3n) is 3.88. The molecule has 3 aromatic rings. The highest BCUT2D eigenvalue weighted by Crippen LogP contribution is 2.29. The van der Waals surface area contributed by atoms with Crippen molar-refractivity contribution < 1.29 is 9.59 Å². The lowest BCUT2D eigenvalue weighted by Gasteiger charge is -2.20. The predicted octanol–water partition coefficient (Wildman–Crippen LogP) is 3.07. The second-order valence-electron chi connectivity index (χ2n) is 5.71. The number of nitrogens with one attached hydrogen (secondary N) is 1. The number of carbonyl (C=O) groups excluding carboxylic acids is 2. The number of aromatic nitrogens is 4. The molecule has 0 fully saturated rings. The molecule has 3 rings (SSSR count). The van der Waals surface area contributed by atoms with E-state index >= 15 is 0 Å². The Hall–Kier alpha value is -2.97. The maximum atomic E-state index is 12.7. The molecule has 28 heavy (non-hydrogen) atoms. The van der Waals surface area contributed by atoms with Gasteiger partial charge in [0.25, 0.3) is 5.91 Å². The molecule has 0 aliphatic carbocycles. The normalized spacial score (nSPS) is 10.5. The van der Waals surface area contributed by atoms with E-state index in [1.165, 1.54) is 28.4 Å². The van der Waals surface area contributed by atoms with Crippen LogP contribution in [-0.4, -0.2) is 49.6 Å². The van der Waals surface area contributed by atoms with Crippen molar-refractivity contribution in [1.82, 2.24) is 24.6 Å². The summed E-state index contributed by atoms with van der Waals surface area (Å²) < 4.78 is 1.48. The number of nitrogens with zero attached hydrogens (tertiary/aromatic N) is 5. The minimum absolute atomic E-state index is 0.151. The molecule has 10 heteroatoms. The number of halogens is 2. The smallest absolute Gasteiger partial charge is 0.255 e. The van der Waals surface area contributed by atoms with Crippen LogP contribution in [0.4, 0.5) is 5.69 Å². The van der Waals surface area contributed by atoms with Crippen molar-refractivity contribution in [3.8, 4) is 5.82 Å². The quantitative estimate of drug-likeness (QED) is 0.663. The molecule has 0 aliphatic heterocycles. The summed E-state index contributed by atoms with van der Waals surface area (Å²) in [6.07, 6.45) is 4.33. The van der Waals surface area contributed by atoms with Crippen molar-refractivity contribution in [2.24, 2.45) is 0 Å². The van der Waals surface area contributed by atoms with Crippen molar-refractivity contribution >= 4 is 40.7 Å². The monoisotopic (exact) mass is 418 g/mol. The summed E-state index contributed by atoms with van der Waals surface area (Å²) in [7, 11) is 0. The number of rotatable bonds is 6. The largest absolute Gasteiger partial charge is 0.330 e. The van der Waals surface area contributed by atoms with Crippen LogP contribution in [0.15, 0.2) is 49.2 Å². The van der Waals surface area contributed by atoms with Crippen LogP contribution in [0.5, 0.6) is 0 Å². The van der Waals surface area contributed by atoms with Gasteiger partial charge in [-0.1, -0.05) is 29.3 Å². The number of hydrogen-bond donors (Lipinski definition) is 1. The zero-order valence-corrected chi connectivity index (χ0v) is 16.4. The topological polar surface area (TPSA) is 93.0 Å². The molecule has 0 radical (unpaired) electrons. The first-order chi connectivity index (χ1) is 13.5. The van der Waals surface area contributed by atoms with E-state index in [1.807, 2.05) is 0 Å². The number of anilines is 1. The number of hydrogen-bond acceptors (Lipinski definition) is 5. The van der Waals surface area contributed by atoms with Crippen LogP contribution in [0.1, 0.15) is 17.3 Å². The highest BCUT2D eigenvalue weighted by atomic mass is 35.5. The van der Waals surface area contributed by atoms with Crippen LogP contribution in [0.2, 0.25) is 10.0 Å². The zero-order chi connectivity index (χ0) is 20.1. The number of carbonyl (C=O) groups is 2. The molecule has 0 bridgehead atoms. The van der Waals surface area contributed by atoms with Gasteiger partial charge in [-0.25, -0.2) is 14.6 Å². The second kappa shape index (κ2) is 8.81. The second-order valence-corrected chi connectivity index (χ2v) is 6.52. The summed E-state index contributed by atoms with van der Waals surface area (Å²) in [6.45, 7) is 1.97. The van der Waals surface area contributed by atoms with Gasteiger partial charge in [0.1, 0.15) is 19.2 Å². The number of pyridine rings is 1. The molecule has 2 aromatic heterocycles. The summed E-state index contributed by atoms with van der Waals surface area (Å²) in [4.78, 5) is 34.5. The van der Waals surface area contributed by atoms with Gasteiger partial charge in [-0.3, -0.25) is 9.59 Å². The van der Waals surface area contributed by atoms with Crippen LogP contribution < -0.4 is 5.32 Å². The molecule has 0 aliphatic rings. The van der Waals surface area contributed by atoms with E-state index in [0.717, 1.165) is 0 Å². The predicted molar refractivity (Wildman–Crippen MR) is 106 cm³/mol. The van der Waals surface area contributed by atoms with Crippen molar-refractivity contribution in [1.29, 1.82) is 0 Å². The maximum absolute atomic E-state index is 12.7. The van der Waals surface area contributed by atoms with E-state index < -0.39 is 5.91 Å². The van der Waals surface area contributed by atoms with Gasteiger partial charge in [0, 0.05) is 12.7 Å². The summed E-state index contributed by atoms with van der Waals surface area (Å²) in [5, 5.41) is 7.27. The van der Waals surface area contributed by atoms with Gasteiger partial charge in [0.2, 0.25) is 5.91 Å². The lowest BCUT2D eigenvalue weighted by Crippen LogP contribution is -2.38. The van der Waals surface area contributed by atoms with Crippen molar-refractivity contribution in [2.75, 3.05) is 18.4 Å². The van der Waals surface area contributed by atoms with Gasteiger partial charge in [0.05, 0.1) is 21.3 Å². The molecule has 8 nitrogen and oxygen atoms in total. The van der Waals surface area contributed by atoms with E-state index in [0.29, 0.717) is 33.7 Å². The number of likely N-dealkylation sites (N-methyl/N-ethyl adjacent to an activating group) is 1. The SMILES string of the molecule is CCN(CC(=O)Nc1c(Cl)cccc1Cl)C(=O)c1ccc(-n2cncn2)nc1. The van der Waals surface area contributed by atoms with E-state index in [2.05, 4.69) is 20.4 Å². The molecule has 0 unspecified atom stereocenters. The molecule has 0 atom stereocenters. The van der Waals surface area contributed by atoms with Crippen LogP contribution in [0, 0.1) is 0 Å². The fourth-order valence-electron chi connectivity index (χ4n) is 2.45. The van der Waals surface area contributed by atoms with Crippen molar-refractivity contribution in [2.45, 2.75) is 6.92 Å². The van der Waals surface area contributed by atoms with Crippen LogP contribution in [0.25, 0.3) is 5.82 Å². The minimum Gasteiger partial charge on any atom is -0.330 e. The third kappa shape index (κ3) is 4.47. The fraction of sp³-hybridized carbons (Fsp3) is 0.167. The average Bonchev–Trinajstić information content (AvgIpc) is 3.23. The lowest BCUT2D eigenvalue weighted by atomic mass is 10.2. The van der Waals surface area contributed by atoms with Crippen molar-refractivity contribution in [3.05, 3.63) is 64.8 Å². The molecule has 2 heterocycles. The van der Waals surface area contributed by atoms with Gasteiger partial charge in [-0.05, 0) is 31.2 Å². The molecular formula is C18H16Cl2N6O2. The van der Waals surface area contributed by atoms with Crippen LogP contribution in [-0.2, 0) is 4.79 Å². The average molecular weight is 419 g/mol. The molecule has 0 saturated carbocycles. The number of para-hydroxylation sites is 1. The standard InChI is InChI=1S/C18H16Cl2N6O2/c1-2-25(9-16(27)24-17-13(19)4-3-5-14(17)20)18(28)12-6-7-15(22-8-12)26-11-21-10-23-26/h3-8,10-11H,2,9H2,1H3,(H,24,27). The van der Waals surface area contributed by atoms with Gasteiger partial charge in [0.15, 0.2) is 5.82 Å².